The van der Waals surface area contributed by atoms with E-state index in [2.05, 4.69) is 19.9 Å². The first kappa shape index (κ1) is 26.1. The van der Waals surface area contributed by atoms with Crippen molar-refractivity contribution in [1.82, 2.24) is 4.98 Å². The molecular weight excluding hydrogens is 532 g/mol. The van der Waals surface area contributed by atoms with Gasteiger partial charge in [-0.05, 0) is 55.4 Å². The number of aliphatic hydroxyl groups excluding tert-OH is 1. The highest BCUT2D eigenvalue weighted by Crippen LogP contribution is 2.54. The Balaban J connectivity index is 1.28. The van der Waals surface area contributed by atoms with Crippen LogP contribution in [0.2, 0.25) is 0 Å². The van der Waals surface area contributed by atoms with Crippen molar-refractivity contribution in [2.75, 3.05) is 65.0 Å². The van der Waals surface area contributed by atoms with Gasteiger partial charge in [0, 0.05) is 25.1 Å². The third-order valence-electron chi connectivity index (χ3n) is 8.03. The molecule has 39 heavy (non-hydrogen) atoms. The van der Waals surface area contributed by atoms with Gasteiger partial charge >= 0.3 is 0 Å². The Morgan fingerprint density at radius 1 is 1.10 bits per heavy atom. The molecule has 0 unspecified atom stereocenters. The number of amides is 1. The van der Waals surface area contributed by atoms with Gasteiger partial charge in [-0.25, -0.2) is 22.2 Å². The van der Waals surface area contributed by atoms with Gasteiger partial charge in [-0.2, -0.15) is 0 Å². The first-order valence-corrected chi connectivity index (χ1v) is 14.8. The van der Waals surface area contributed by atoms with E-state index in [1.54, 1.807) is 24.3 Å². The highest BCUT2D eigenvalue weighted by Gasteiger charge is 2.46. The Hall–Kier alpha value is -3.19. The van der Waals surface area contributed by atoms with Crippen molar-refractivity contribution < 1.29 is 31.8 Å². The van der Waals surface area contributed by atoms with E-state index in [4.69, 9.17) is 9.84 Å². The SMILES string of the molecule is O=C(Nc1ccc(NS(=O)(=O)CCO)cc1N1CCC2(CC1)CC2)c1cc2c(c(N3CC(F)(F)C3)n1)OCC2. The van der Waals surface area contributed by atoms with Gasteiger partial charge in [0.2, 0.25) is 10.0 Å². The molecule has 2 saturated heterocycles. The topological polar surface area (TPSA) is 124 Å². The van der Waals surface area contributed by atoms with Gasteiger partial charge in [0.25, 0.3) is 11.8 Å². The second-order valence-corrected chi connectivity index (χ2v) is 12.8. The van der Waals surface area contributed by atoms with Gasteiger partial charge in [0.1, 0.15) is 5.69 Å². The molecule has 1 amide bonds. The van der Waals surface area contributed by atoms with Crippen molar-refractivity contribution in [3.63, 3.8) is 0 Å². The molecule has 2 aromatic rings. The number of hydrogen-bond acceptors (Lipinski definition) is 8. The van der Waals surface area contributed by atoms with Gasteiger partial charge in [0.05, 0.1) is 49.1 Å². The van der Waals surface area contributed by atoms with E-state index in [0.29, 0.717) is 41.3 Å². The number of aliphatic hydroxyl groups is 1. The number of nitrogens with zero attached hydrogens (tertiary/aromatic N) is 3. The summed E-state index contributed by atoms with van der Waals surface area (Å²) < 4.78 is 59.8. The molecule has 210 valence electrons. The average Bonchev–Trinajstić information content (AvgIpc) is 3.44. The number of ether oxygens (including phenoxy) is 1. The summed E-state index contributed by atoms with van der Waals surface area (Å²) >= 11 is 0. The number of halogens is 2. The number of hydrogen-bond donors (Lipinski definition) is 3. The maximum Gasteiger partial charge on any atom is 0.282 e. The molecule has 4 heterocycles. The van der Waals surface area contributed by atoms with Crippen LogP contribution in [-0.4, -0.2) is 75.5 Å². The van der Waals surface area contributed by atoms with Crippen molar-refractivity contribution in [3.05, 3.63) is 35.5 Å². The zero-order valence-corrected chi connectivity index (χ0v) is 22.2. The molecular formula is C26H31F2N5O5S. The predicted molar refractivity (Wildman–Crippen MR) is 143 cm³/mol. The van der Waals surface area contributed by atoms with E-state index in [9.17, 15) is 22.0 Å². The molecule has 10 nitrogen and oxygen atoms in total. The summed E-state index contributed by atoms with van der Waals surface area (Å²) in [6.45, 7) is 0.493. The lowest BCUT2D eigenvalue weighted by atomic mass is 9.93. The number of aromatic nitrogens is 1. The number of piperidine rings is 1. The van der Waals surface area contributed by atoms with Crippen molar-refractivity contribution in [3.8, 4) is 5.75 Å². The van der Waals surface area contributed by atoms with Crippen LogP contribution in [0, 0.1) is 5.41 Å². The monoisotopic (exact) mass is 563 g/mol. The van der Waals surface area contributed by atoms with Gasteiger partial charge in [0.15, 0.2) is 11.6 Å². The number of sulfonamides is 1. The summed E-state index contributed by atoms with van der Waals surface area (Å²) in [6, 6.07) is 6.51. The van der Waals surface area contributed by atoms with E-state index in [-0.39, 0.29) is 11.5 Å². The molecule has 3 N–H and O–H groups in total. The van der Waals surface area contributed by atoms with E-state index >= 15 is 0 Å². The Kier molecular flexibility index (Phi) is 6.33. The summed E-state index contributed by atoms with van der Waals surface area (Å²) in [5.74, 6) is -3.02. The second kappa shape index (κ2) is 9.47. The number of anilines is 4. The van der Waals surface area contributed by atoms with Gasteiger partial charge in [-0.3, -0.25) is 9.52 Å². The van der Waals surface area contributed by atoms with Crippen LogP contribution in [0.25, 0.3) is 0 Å². The molecule has 1 spiro atoms. The minimum Gasteiger partial charge on any atom is -0.489 e. The summed E-state index contributed by atoms with van der Waals surface area (Å²) in [6.07, 6.45) is 5.06. The number of nitrogens with one attached hydrogen (secondary N) is 2. The Labute approximate surface area is 225 Å². The van der Waals surface area contributed by atoms with Crippen LogP contribution in [0.4, 0.5) is 31.7 Å². The van der Waals surface area contributed by atoms with Crippen LogP contribution in [0.1, 0.15) is 41.7 Å². The number of benzene rings is 1. The smallest absolute Gasteiger partial charge is 0.282 e. The number of fused-ring (bicyclic) bond motifs is 1. The van der Waals surface area contributed by atoms with Crippen molar-refractivity contribution in [2.45, 2.75) is 38.0 Å². The zero-order chi connectivity index (χ0) is 27.4. The fourth-order valence-electron chi connectivity index (χ4n) is 5.57. The average molecular weight is 564 g/mol. The normalized spacial score (nSPS) is 20.7. The van der Waals surface area contributed by atoms with Crippen LogP contribution in [-0.2, 0) is 16.4 Å². The second-order valence-electron chi connectivity index (χ2n) is 10.9. The zero-order valence-electron chi connectivity index (χ0n) is 21.4. The summed E-state index contributed by atoms with van der Waals surface area (Å²) in [5.41, 5.74) is 2.76. The number of pyridine rings is 1. The van der Waals surface area contributed by atoms with Crippen molar-refractivity contribution in [2.24, 2.45) is 5.41 Å². The molecule has 4 aliphatic rings. The number of alkyl halides is 2. The highest BCUT2D eigenvalue weighted by molar-refractivity contribution is 7.92. The first-order valence-electron chi connectivity index (χ1n) is 13.2. The van der Waals surface area contributed by atoms with Gasteiger partial charge < -0.3 is 25.0 Å². The Bertz CT molecular complexity index is 1400. The summed E-state index contributed by atoms with van der Waals surface area (Å²) in [4.78, 5) is 21.4. The lowest BCUT2D eigenvalue weighted by Gasteiger charge is -2.40. The minimum atomic E-state index is -3.73. The maximum absolute atomic E-state index is 13.6. The summed E-state index contributed by atoms with van der Waals surface area (Å²) in [7, 11) is -3.73. The number of rotatable bonds is 8. The molecule has 1 aromatic carbocycles. The largest absolute Gasteiger partial charge is 0.489 e. The van der Waals surface area contributed by atoms with E-state index in [1.165, 1.54) is 17.7 Å². The van der Waals surface area contributed by atoms with Crippen LogP contribution in [0.3, 0.4) is 0 Å². The van der Waals surface area contributed by atoms with Crippen LogP contribution >= 0.6 is 0 Å². The fourth-order valence-corrected chi connectivity index (χ4v) is 6.40. The van der Waals surface area contributed by atoms with E-state index in [0.717, 1.165) is 31.5 Å². The fraction of sp³-hybridized carbons (Fsp3) is 0.538. The molecule has 0 atom stereocenters. The maximum atomic E-state index is 13.6. The van der Waals surface area contributed by atoms with E-state index in [1.807, 2.05) is 0 Å². The van der Waals surface area contributed by atoms with Gasteiger partial charge in [-0.15, -0.1) is 0 Å². The first-order chi connectivity index (χ1) is 18.6. The van der Waals surface area contributed by atoms with Crippen LogP contribution < -0.4 is 24.6 Å². The lowest BCUT2D eigenvalue weighted by molar-refractivity contribution is -0.0269. The highest BCUT2D eigenvalue weighted by atomic mass is 32.2. The molecule has 1 saturated carbocycles. The molecule has 0 bridgehead atoms. The molecule has 1 aliphatic carbocycles. The molecule has 3 fully saturated rings. The summed E-state index contributed by atoms with van der Waals surface area (Å²) in [5, 5.41) is 12.0. The standard InChI is InChI=1S/C26H31F2N5O5S/c27-26(28)15-33(16-26)23-22-17(3-11-38-22)13-20(29-23)24(35)30-19-2-1-18(31-39(36,37)12-10-34)14-21(19)32-8-6-25(4-5-25)7-9-32/h1-2,13-14,31,34H,3-12,15-16H2,(H,30,35). The minimum absolute atomic E-state index is 0.0960. The number of carbonyl (C=O) groups excluding carboxylic acids is 1. The van der Waals surface area contributed by atoms with Crippen molar-refractivity contribution in [1.29, 1.82) is 0 Å². The molecule has 0 radical (unpaired) electrons. The van der Waals surface area contributed by atoms with E-state index < -0.39 is 47.3 Å². The third-order valence-corrected chi connectivity index (χ3v) is 9.29. The lowest BCUT2D eigenvalue weighted by Crippen LogP contribution is -2.56. The number of carbonyl (C=O) groups is 1. The molecule has 6 rings (SSSR count). The quantitative estimate of drug-likeness (QED) is 0.448. The Morgan fingerprint density at radius 3 is 2.51 bits per heavy atom. The van der Waals surface area contributed by atoms with Crippen molar-refractivity contribution >= 4 is 38.8 Å². The van der Waals surface area contributed by atoms with Crippen LogP contribution in [0.15, 0.2) is 24.3 Å². The molecule has 13 heteroatoms. The third kappa shape index (κ3) is 5.33. The predicted octanol–water partition coefficient (Wildman–Crippen LogP) is 2.84. The Morgan fingerprint density at radius 2 is 1.85 bits per heavy atom. The molecule has 1 aromatic heterocycles. The molecule has 3 aliphatic heterocycles. The van der Waals surface area contributed by atoms with Crippen LogP contribution in [0.5, 0.6) is 5.75 Å². The van der Waals surface area contributed by atoms with Gasteiger partial charge in [-0.1, -0.05) is 0 Å².